The third-order valence-electron chi connectivity index (χ3n) is 4.03. The molecule has 3 aromatic heterocycles. The summed E-state index contributed by atoms with van der Waals surface area (Å²) in [7, 11) is 0. The van der Waals surface area contributed by atoms with Gasteiger partial charge in [-0.15, -0.1) is 10.2 Å². The van der Waals surface area contributed by atoms with Crippen molar-refractivity contribution in [1.29, 1.82) is 0 Å². The maximum Gasteiger partial charge on any atom is 0.160 e. The van der Waals surface area contributed by atoms with Crippen LogP contribution in [0.1, 0.15) is 42.5 Å². The van der Waals surface area contributed by atoms with E-state index in [1.165, 1.54) is 0 Å². The Kier molecular flexibility index (Phi) is 3.45. The molecular formula is C18H18N6. The Morgan fingerprint density at radius 2 is 1.83 bits per heavy atom. The van der Waals surface area contributed by atoms with E-state index in [0.29, 0.717) is 12.6 Å². The van der Waals surface area contributed by atoms with Crippen LogP contribution in [0.15, 0.2) is 46.5 Å². The van der Waals surface area contributed by atoms with Gasteiger partial charge >= 0.3 is 0 Å². The van der Waals surface area contributed by atoms with Crippen molar-refractivity contribution >= 4 is 17.1 Å². The molecule has 3 aromatic rings. The number of fused-ring (bicyclic) bond motifs is 1. The lowest BCUT2D eigenvalue weighted by atomic mass is 10.0. The molecule has 0 aliphatic carbocycles. The Morgan fingerprint density at radius 1 is 1.00 bits per heavy atom. The molecule has 0 radical (unpaired) electrons. The van der Waals surface area contributed by atoms with Crippen molar-refractivity contribution in [3.8, 4) is 0 Å². The molecule has 0 aromatic carbocycles. The van der Waals surface area contributed by atoms with Crippen LogP contribution in [0, 0.1) is 6.92 Å². The standard InChI is InChI=1S/C18H18N6/c1-11(2)18-23-22-15-8-7-13(9-24(15)18)16-17(20-10-19-16)14-6-4-5-12(3)21-14/h4-9,11H,10H2,1-3H3. The number of aryl methyl sites for hydroxylation is 1. The summed E-state index contributed by atoms with van der Waals surface area (Å²) >= 11 is 0. The fourth-order valence-electron chi connectivity index (χ4n) is 2.87. The van der Waals surface area contributed by atoms with Crippen LogP contribution < -0.4 is 0 Å². The Labute approximate surface area is 140 Å². The zero-order chi connectivity index (χ0) is 16.7. The van der Waals surface area contributed by atoms with Crippen LogP contribution in [0.2, 0.25) is 0 Å². The van der Waals surface area contributed by atoms with Gasteiger partial charge < -0.3 is 0 Å². The molecule has 0 atom stereocenters. The van der Waals surface area contributed by atoms with E-state index in [0.717, 1.165) is 39.8 Å². The first-order valence-corrected chi connectivity index (χ1v) is 8.02. The van der Waals surface area contributed by atoms with E-state index in [9.17, 15) is 0 Å². The van der Waals surface area contributed by atoms with E-state index in [2.05, 4.69) is 39.0 Å². The van der Waals surface area contributed by atoms with E-state index < -0.39 is 0 Å². The van der Waals surface area contributed by atoms with Crippen molar-refractivity contribution in [3.05, 3.63) is 59.3 Å². The Bertz CT molecular complexity index is 980. The summed E-state index contributed by atoms with van der Waals surface area (Å²) in [5, 5.41) is 8.51. The molecule has 6 nitrogen and oxygen atoms in total. The first-order chi connectivity index (χ1) is 11.6. The maximum atomic E-state index is 4.59. The molecular weight excluding hydrogens is 300 g/mol. The quantitative estimate of drug-likeness (QED) is 0.745. The molecule has 4 heterocycles. The molecule has 0 fully saturated rings. The van der Waals surface area contributed by atoms with E-state index in [4.69, 9.17) is 0 Å². The monoisotopic (exact) mass is 318 g/mol. The fraction of sp³-hybridized carbons (Fsp3) is 0.278. The SMILES string of the molecule is Cc1cccc(C2=NCN=C2c2ccc3nnc(C(C)C)n3c2)n1. The van der Waals surface area contributed by atoms with Crippen LogP contribution in [0.3, 0.4) is 0 Å². The number of pyridine rings is 2. The molecule has 0 unspecified atom stereocenters. The number of nitrogens with zero attached hydrogens (tertiary/aromatic N) is 6. The number of rotatable bonds is 3. The van der Waals surface area contributed by atoms with Crippen LogP contribution >= 0.6 is 0 Å². The predicted molar refractivity (Wildman–Crippen MR) is 94.0 cm³/mol. The fourth-order valence-corrected chi connectivity index (χ4v) is 2.87. The highest BCUT2D eigenvalue weighted by Gasteiger charge is 2.20. The minimum Gasteiger partial charge on any atom is -0.286 e. The maximum absolute atomic E-state index is 4.59. The van der Waals surface area contributed by atoms with Crippen LogP contribution in [0.25, 0.3) is 5.65 Å². The van der Waals surface area contributed by atoms with Gasteiger partial charge in [0.2, 0.25) is 0 Å². The smallest absolute Gasteiger partial charge is 0.160 e. The van der Waals surface area contributed by atoms with Gasteiger partial charge in [0.25, 0.3) is 0 Å². The van der Waals surface area contributed by atoms with Crippen molar-refractivity contribution < 1.29 is 0 Å². The Morgan fingerprint density at radius 3 is 2.62 bits per heavy atom. The topological polar surface area (TPSA) is 67.8 Å². The summed E-state index contributed by atoms with van der Waals surface area (Å²) in [5.41, 5.74) is 5.39. The second kappa shape index (κ2) is 5.63. The average Bonchev–Trinajstić information content (AvgIpc) is 3.21. The number of hydrogen-bond acceptors (Lipinski definition) is 5. The van der Waals surface area contributed by atoms with Crippen LogP contribution in [0.4, 0.5) is 0 Å². The third-order valence-corrected chi connectivity index (χ3v) is 4.03. The molecule has 0 saturated carbocycles. The molecule has 0 amide bonds. The van der Waals surface area contributed by atoms with Crippen molar-refractivity contribution in [2.24, 2.45) is 9.98 Å². The first kappa shape index (κ1) is 14.7. The highest BCUT2D eigenvalue weighted by atomic mass is 15.2. The molecule has 0 N–H and O–H groups in total. The zero-order valence-corrected chi connectivity index (χ0v) is 13.9. The number of aromatic nitrogens is 4. The molecule has 0 saturated heterocycles. The van der Waals surface area contributed by atoms with E-state index in [-0.39, 0.29) is 0 Å². The molecule has 4 rings (SSSR count). The van der Waals surface area contributed by atoms with Gasteiger partial charge in [0.05, 0.1) is 11.4 Å². The summed E-state index contributed by atoms with van der Waals surface area (Å²) in [5.74, 6) is 1.24. The summed E-state index contributed by atoms with van der Waals surface area (Å²) < 4.78 is 2.03. The molecule has 1 aliphatic rings. The van der Waals surface area contributed by atoms with Crippen molar-refractivity contribution in [2.45, 2.75) is 26.7 Å². The highest BCUT2D eigenvalue weighted by molar-refractivity contribution is 6.53. The summed E-state index contributed by atoms with van der Waals surface area (Å²) in [6.07, 6.45) is 2.04. The van der Waals surface area contributed by atoms with Crippen molar-refractivity contribution in [3.63, 3.8) is 0 Å². The Balaban J connectivity index is 1.79. The van der Waals surface area contributed by atoms with Gasteiger partial charge in [-0.3, -0.25) is 19.4 Å². The molecule has 24 heavy (non-hydrogen) atoms. The second-order valence-electron chi connectivity index (χ2n) is 6.18. The second-order valence-corrected chi connectivity index (χ2v) is 6.18. The normalized spacial score (nSPS) is 14.3. The molecule has 1 aliphatic heterocycles. The molecule has 120 valence electrons. The molecule has 0 spiro atoms. The Hall–Kier alpha value is -2.89. The van der Waals surface area contributed by atoms with E-state index >= 15 is 0 Å². The van der Waals surface area contributed by atoms with Crippen LogP contribution in [-0.4, -0.2) is 37.7 Å². The van der Waals surface area contributed by atoms with Gasteiger partial charge in [0.1, 0.15) is 18.2 Å². The average molecular weight is 318 g/mol. The zero-order valence-electron chi connectivity index (χ0n) is 13.9. The first-order valence-electron chi connectivity index (χ1n) is 8.02. The minimum absolute atomic E-state index is 0.298. The van der Waals surface area contributed by atoms with Gasteiger partial charge in [-0.1, -0.05) is 19.9 Å². The highest BCUT2D eigenvalue weighted by Crippen LogP contribution is 2.18. The van der Waals surface area contributed by atoms with Crippen molar-refractivity contribution in [1.82, 2.24) is 19.6 Å². The molecule has 6 heteroatoms. The van der Waals surface area contributed by atoms with Gasteiger partial charge in [0, 0.05) is 23.4 Å². The van der Waals surface area contributed by atoms with Gasteiger partial charge in [-0.25, -0.2) is 0 Å². The summed E-state index contributed by atoms with van der Waals surface area (Å²) in [4.78, 5) is 13.7. The lowest BCUT2D eigenvalue weighted by molar-refractivity contribution is 0.759. The van der Waals surface area contributed by atoms with E-state index in [1.807, 2.05) is 47.9 Å². The van der Waals surface area contributed by atoms with Crippen LogP contribution in [0.5, 0.6) is 0 Å². The summed E-state index contributed by atoms with van der Waals surface area (Å²) in [6.45, 7) is 6.64. The lowest BCUT2D eigenvalue weighted by Crippen LogP contribution is -2.16. The number of hydrogen-bond donors (Lipinski definition) is 0. The van der Waals surface area contributed by atoms with E-state index in [1.54, 1.807) is 0 Å². The van der Waals surface area contributed by atoms with Gasteiger partial charge in [-0.2, -0.15) is 0 Å². The van der Waals surface area contributed by atoms with Crippen molar-refractivity contribution in [2.75, 3.05) is 6.67 Å². The third kappa shape index (κ3) is 2.40. The predicted octanol–water partition coefficient (Wildman–Crippen LogP) is 2.81. The molecule has 0 bridgehead atoms. The van der Waals surface area contributed by atoms with Crippen LogP contribution in [-0.2, 0) is 0 Å². The lowest BCUT2D eigenvalue weighted by Gasteiger charge is -2.08. The largest absolute Gasteiger partial charge is 0.286 e. The minimum atomic E-state index is 0.298. The van der Waals surface area contributed by atoms with Gasteiger partial charge in [-0.05, 0) is 31.2 Å². The van der Waals surface area contributed by atoms with Gasteiger partial charge in [0.15, 0.2) is 5.65 Å². The number of aliphatic imine (C=N–C) groups is 2. The summed E-state index contributed by atoms with van der Waals surface area (Å²) in [6, 6.07) is 9.94.